The molecule has 0 aliphatic heterocycles. The lowest BCUT2D eigenvalue weighted by atomic mass is 10.1. The molecule has 0 saturated heterocycles. The average molecular weight is 338 g/mol. The van der Waals surface area contributed by atoms with E-state index in [0.29, 0.717) is 25.7 Å². The van der Waals surface area contributed by atoms with Gasteiger partial charge in [-0.05, 0) is 25.5 Å². The summed E-state index contributed by atoms with van der Waals surface area (Å²) in [6.45, 7) is 5.66. The first-order valence-corrected chi connectivity index (χ1v) is 8.28. The summed E-state index contributed by atoms with van der Waals surface area (Å²) < 4.78 is 11.8. The largest absolute Gasteiger partial charge is 0.490 e. The molecule has 25 heavy (non-hydrogen) atoms. The van der Waals surface area contributed by atoms with Gasteiger partial charge in [-0.25, -0.2) is 10.1 Å². The van der Waals surface area contributed by atoms with E-state index in [9.17, 15) is 0 Å². The lowest BCUT2D eigenvalue weighted by Gasteiger charge is -2.16. The number of aryl methyl sites for hydroxylation is 1. The van der Waals surface area contributed by atoms with Crippen molar-refractivity contribution in [3.05, 3.63) is 65.5 Å². The third-order valence-electron chi connectivity index (χ3n) is 3.73. The van der Waals surface area contributed by atoms with E-state index in [-0.39, 0.29) is 0 Å². The summed E-state index contributed by atoms with van der Waals surface area (Å²) in [4.78, 5) is 4.07. The Hall–Kier alpha value is -3.02. The second kappa shape index (κ2) is 8.19. The van der Waals surface area contributed by atoms with Crippen molar-refractivity contribution in [2.24, 2.45) is 0 Å². The van der Waals surface area contributed by atoms with Crippen LogP contribution in [0.4, 0.5) is 5.95 Å². The smallest absolute Gasteiger partial charge is 0.218 e. The molecule has 0 radical (unpaired) electrons. The van der Waals surface area contributed by atoms with Gasteiger partial charge in [0.05, 0.1) is 6.61 Å². The molecule has 0 saturated carbocycles. The molecule has 1 heterocycles. The molecule has 0 bridgehead atoms. The monoisotopic (exact) mass is 338 g/mol. The van der Waals surface area contributed by atoms with Gasteiger partial charge in [-0.15, -0.1) is 0 Å². The highest BCUT2D eigenvalue weighted by atomic mass is 16.5. The first-order chi connectivity index (χ1) is 12.3. The SMILES string of the molecule is CCOc1cccc(CNc2ncn[nH]2)c1OCc1ccc(C)cc1. The minimum Gasteiger partial charge on any atom is -0.490 e. The fourth-order valence-corrected chi connectivity index (χ4v) is 2.44. The summed E-state index contributed by atoms with van der Waals surface area (Å²) in [5.41, 5.74) is 3.34. The Morgan fingerprint density at radius 3 is 2.64 bits per heavy atom. The quantitative estimate of drug-likeness (QED) is 0.655. The Labute approximate surface area is 147 Å². The highest BCUT2D eigenvalue weighted by Crippen LogP contribution is 2.32. The molecule has 1 aromatic heterocycles. The number of nitrogens with zero attached hydrogens (tertiary/aromatic N) is 2. The molecule has 6 nitrogen and oxygen atoms in total. The average Bonchev–Trinajstić information content (AvgIpc) is 3.14. The fourth-order valence-electron chi connectivity index (χ4n) is 2.44. The highest BCUT2D eigenvalue weighted by Gasteiger charge is 2.12. The van der Waals surface area contributed by atoms with Gasteiger partial charge in [0.2, 0.25) is 5.95 Å². The van der Waals surface area contributed by atoms with Gasteiger partial charge >= 0.3 is 0 Å². The molecule has 0 unspecified atom stereocenters. The van der Waals surface area contributed by atoms with E-state index in [1.807, 2.05) is 25.1 Å². The molecule has 0 aliphatic rings. The Morgan fingerprint density at radius 2 is 1.92 bits per heavy atom. The summed E-state index contributed by atoms with van der Waals surface area (Å²) >= 11 is 0. The molecule has 0 amide bonds. The third-order valence-corrected chi connectivity index (χ3v) is 3.73. The number of anilines is 1. The van der Waals surface area contributed by atoms with Crippen molar-refractivity contribution in [1.29, 1.82) is 0 Å². The van der Waals surface area contributed by atoms with Gasteiger partial charge in [-0.3, -0.25) is 0 Å². The number of rotatable bonds is 8. The molecule has 3 aromatic rings. The van der Waals surface area contributed by atoms with Crippen LogP contribution in [0.5, 0.6) is 11.5 Å². The summed E-state index contributed by atoms with van der Waals surface area (Å²) in [6.07, 6.45) is 1.47. The second-order valence-electron chi connectivity index (χ2n) is 5.64. The molecule has 2 aromatic carbocycles. The predicted octanol–water partition coefficient (Wildman–Crippen LogP) is 3.70. The van der Waals surface area contributed by atoms with Crippen molar-refractivity contribution in [3.63, 3.8) is 0 Å². The van der Waals surface area contributed by atoms with Gasteiger partial charge in [-0.1, -0.05) is 42.0 Å². The number of nitrogens with one attached hydrogen (secondary N) is 2. The predicted molar refractivity (Wildman–Crippen MR) is 96.8 cm³/mol. The number of aromatic nitrogens is 3. The maximum Gasteiger partial charge on any atom is 0.218 e. The Balaban J connectivity index is 1.76. The van der Waals surface area contributed by atoms with Crippen molar-refractivity contribution < 1.29 is 9.47 Å². The van der Waals surface area contributed by atoms with Crippen molar-refractivity contribution in [2.75, 3.05) is 11.9 Å². The van der Waals surface area contributed by atoms with Crippen molar-refractivity contribution in [2.45, 2.75) is 27.0 Å². The van der Waals surface area contributed by atoms with Crippen LogP contribution in [0.2, 0.25) is 0 Å². The van der Waals surface area contributed by atoms with E-state index in [1.165, 1.54) is 11.9 Å². The minimum atomic E-state index is 0.486. The molecule has 0 atom stereocenters. The maximum atomic E-state index is 6.11. The van der Waals surface area contributed by atoms with Gasteiger partial charge in [0, 0.05) is 12.1 Å². The third kappa shape index (κ3) is 4.50. The molecule has 0 fully saturated rings. The number of hydrogen-bond acceptors (Lipinski definition) is 5. The zero-order chi connectivity index (χ0) is 17.5. The molecule has 130 valence electrons. The summed E-state index contributed by atoms with van der Waals surface area (Å²) in [7, 11) is 0. The zero-order valence-electron chi connectivity index (χ0n) is 14.5. The Morgan fingerprint density at radius 1 is 1.08 bits per heavy atom. The summed E-state index contributed by atoms with van der Waals surface area (Å²) in [5.74, 6) is 2.11. The standard InChI is InChI=1S/C19H22N4O2/c1-3-24-17-6-4-5-16(11-20-19-21-13-22-23-19)18(17)25-12-15-9-7-14(2)8-10-15/h4-10,13H,3,11-12H2,1-2H3,(H2,20,21,22,23). The van der Waals surface area contributed by atoms with Gasteiger partial charge in [-0.2, -0.15) is 5.10 Å². The molecule has 6 heteroatoms. The molecule has 0 aliphatic carbocycles. The Kier molecular flexibility index (Phi) is 5.51. The molecular formula is C19H22N4O2. The van der Waals surface area contributed by atoms with Gasteiger partial charge < -0.3 is 14.8 Å². The van der Waals surface area contributed by atoms with E-state index in [2.05, 4.69) is 51.7 Å². The molecule has 0 spiro atoms. The van der Waals surface area contributed by atoms with Crippen LogP contribution in [-0.2, 0) is 13.2 Å². The lowest BCUT2D eigenvalue weighted by molar-refractivity contribution is 0.267. The number of H-pyrrole nitrogens is 1. The van der Waals surface area contributed by atoms with Crippen LogP contribution in [0, 0.1) is 6.92 Å². The maximum absolute atomic E-state index is 6.11. The second-order valence-corrected chi connectivity index (χ2v) is 5.64. The Bertz CT molecular complexity index is 786. The van der Waals surface area contributed by atoms with Crippen LogP contribution in [0.1, 0.15) is 23.6 Å². The minimum absolute atomic E-state index is 0.486. The number of benzene rings is 2. The van der Waals surface area contributed by atoms with Crippen molar-refractivity contribution >= 4 is 5.95 Å². The molecule has 3 rings (SSSR count). The van der Waals surface area contributed by atoms with E-state index in [1.54, 1.807) is 0 Å². The number of aromatic amines is 1. The van der Waals surface area contributed by atoms with Crippen LogP contribution in [-0.4, -0.2) is 21.8 Å². The number of para-hydroxylation sites is 1. The molecule has 2 N–H and O–H groups in total. The first kappa shape index (κ1) is 16.8. The van der Waals surface area contributed by atoms with E-state index in [4.69, 9.17) is 9.47 Å². The zero-order valence-corrected chi connectivity index (χ0v) is 14.5. The van der Waals surface area contributed by atoms with Crippen LogP contribution < -0.4 is 14.8 Å². The van der Waals surface area contributed by atoms with Crippen LogP contribution in [0.25, 0.3) is 0 Å². The van der Waals surface area contributed by atoms with E-state index in [0.717, 1.165) is 22.6 Å². The normalized spacial score (nSPS) is 10.5. The number of ether oxygens (including phenoxy) is 2. The number of hydrogen-bond donors (Lipinski definition) is 2. The van der Waals surface area contributed by atoms with Crippen LogP contribution >= 0.6 is 0 Å². The molecular weight excluding hydrogens is 316 g/mol. The summed E-state index contributed by atoms with van der Waals surface area (Å²) in [5, 5.41) is 9.81. The van der Waals surface area contributed by atoms with Crippen molar-refractivity contribution in [1.82, 2.24) is 15.2 Å². The van der Waals surface area contributed by atoms with Gasteiger partial charge in [0.25, 0.3) is 0 Å². The summed E-state index contributed by atoms with van der Waals surface area (Å²) in [6, 6.07) is 14.2. The first-order valence-electron chi connectivity index (χ1n) is 8.28. The lowest BCUT2D eigenvalue weighted by Crippen LogP contribution is -2.06. The topological polar surface area (TPSA) is 72.1 Å². The van der Waals surface area contributed by atoms with E-state index < -0.39 is 0 Å². The highest BCUT2D eigenvalue weighted by molar-refractivity contribution is 5.48. The van der Waals surface area contributed by atoms with Gasteiger partial charge in [0.15, 0.2) is 11.5 Å². The van der Waals surface area contributed by atoms with Crippen LogP contribution in [0.3, 0.4) is 0 Å². The van der Waals surface area contributed by atoms with Gasteiger partial charge in [0.1, 0.15) is 12.9 Å². The fraction of sp³-hybridized carbons (Fsp3) is 0.263. The van der Waals surface area contributed by atoms with Crippen molar-refractivity contribution in [3.8, 4) is 11.5 Å². The van der Waals surface area contributed by atoms with E-state index >= 15 is 0 Å². The van der Waals surface area contributed by atoms with Crippen LogP contribution in [0.15, 0.2) is 48.8 Å².